The maximum absolute atomic E-state index is 14.6. The van der Waals surface area contributed by atoms with Gasteiger partial charge in [0, 0.05) is 15.9 Å². The molecule has 0 spiro atoms. The van der Waals surface area contributed by atoms with Crippen LogP contribution in [0.2, 0.25) is 0 Å². The number of hydrogen-bond donors (Lipinski definition) is 0. The van der Waals surface area contributed by atoms with E-state index in [0.29, 0.717) is 0 Å². The van der Waals surface area contributed by atoms with E-state index < -0.39 is 7.14 Å². The summed E-state index contributed by atoms with van der Waals surface area (Å²) in [6, 6.07) is 33.4. The second-order valence-corrected chi connectivity index (χ2v) is 9.18. The fraction of sp³-hybridized carbons (Fsp3) is 0.0417. The Morgan fingerprint density at radius 2 is 1.19 bits per heavy atom. The van der Waals surface area contributed by atoms with E-state index in [-0.39, 0.29) is 6.42 Å². The lowest BCUT2D eigenvalue weighted by Crippen LogP contribution is -2.27. The minimum atomic E-state index is -3.10. The van der Waals surface area contributed by atoms with Gasteiger partial charge in [-0.1, -0.05) is 84.9 Å². The monoisotopic (exact) mass is 367 g/mol. The lowest BCUT2D eigenvalue weighted by molar-refractivity contribution is 0.592. The largest absolute Gasteiger partial charge is 0.309 e. The van der Waals surface area contributed by atoms with Crippen molar-refractivity contribution in [3.8, 4) is 6.07 Å². The Morgan fingerprint density at radius 3 is 1.70 bits per heavy atom. The highest BCUT2D eigenvalue weighted by Crippen LogP contribution is 2.44. The van der Waals surface area contributed by atoms with Gasteiger partial charge in [-0.25, -0.2) is 0 Å². The Morgan fingerprint density at radius 1 is 0.704 bits per heavy atom. The normalized spacial score (nSPS) is 11.2. The van der Waals surface area contributed by atoms with Gasteiger partial charge in [-0.3, -0.25) is 0 Å². The predicted molar refractivity (Wildman–Crippen MR) is 113 cm³/mol. The summed E-state index contributed by atoms with van der Waals surface area (Å²) in [6.45, 7) is 0. The number of rotatable bonds is 4. The van der Waals surface area contributed by atoms with Crippen molar-refractivity contribution in [1.82, 2.24) is 0 Å². The number of hydrogen-bond acceptors (Lipinski definition) is 2. The molecule has 4 aromatic carbocycles. The van der Waals surface area contributed by atoms with Gasteiger partial charge in [0.2, 0.25) is 0 Å². The Kier molecular flexibility index (Phi) is 4.63. The van der Waals surface area contributed by atoms with Gasteiger partial charge in [0.05, 0.1) is 12.5 Å². The van der Waals surface area contributed by atoms with Gasteiger partial charge >= 0.3 is 0 Å². The molecule has 2 nitrogen and oxygen atoms in total. The molecule has 0 unspecified atom stereocenters. The van der Waals surface area contributed by atoms with Gasteiger partial charge < -0.3 is 4.57 Å². The second kappa shape index (κ2) is 7.23. The van der Waals surface area contributed by atoms with E-state index in [1.807, 2.05) is 97.1 Å². The van der Waals surface area contributed by atoms with Crippen LogP contribution in [0.1, 0.15) is 5.56 Å². The van der Waals surface area contributed by atoms with E-state index in [9.17, 15) is 9.83 Å². The average molecular weight is 367 g/mol. The zero-order valence-electron chi connectivity index (χ0n) is 14.7. The van der Waals surface area contributed by atoms with E-state index in [0.717, 1.165) is 32.2 Å². The first-order valence-electron chi connectivity index (χ1n) is 8.84. The van der Waals surface area contributed by atoms with Crippen LogP contribution in [-0.4, -0.2) is 0 Å². The van der Waals surface area contributed by atoms with Gasteiger partial charge in [-0.2, -0.15) is 5.26 Å². The molecular formula is C24H18NOP. The summed E-state index contributed by atoms with van der Waals surface area (Å²) in [5.74, 6) is 0. The molecule has 0 bridgehead atoms. The molecule has 0 radical (unpaired) electrons. The van der Waals surface area contributed by atoms with Gasteiger partial charge in [-0.15, -0.1) is 0 Å². The predicted octanol–water partition coefficient (Wildman–Crippen LogP) is 4.55. The molecular weight excluding hydrogens is 349 g/mol. The highest BCUT2D eigenvalue weighted by Gasteiger charge is 2.32. The molecule has 130 valence electrons. The van der Waals surface area contributed by atoms with Crippen molar-refractivity contribution in [3.63, 3.8) is 0 Å². The Balaban J connectivity index is 2.08. The van der Waals surface area contributed by atoms with Crippen molar-refractivity contribution in [2.45, 2.75) is 6.42 Å². The van der Waals surface area contributed by atoms with Crippen LogP contribution in [0.5, 0.6) is 0 Å². The van der Waals surface area contributed by atoms with Crippen LogP contribution in [0.3, 0.4) is 0 Å². The van der Waals surface area contributed by atoms with E-state index >= 15 is 0 Å². The third kappa shape index (κ3) is 3.08. The van der Waals surface area contributed by atoms with Crippen molar-refractivity contribution in [2.75, 3.05) is 0 Å². The van der Waals surface area contributed by atoms with Crippen LogP contribution in [0.4, 0.5) is 0 Å². The summed E-state index contributed by atoms with van der Waals surface area (Å²) in [6.07, 6.45) is 0.226. The minimum absolute atomic E-state index is 0.226. The van der Waals surface area contributed by atoms with E-state index in [2.05, 4.69) is 6.07 Å². The van der Waals surface area contributed by atoms with Crippen LogP contribution in [0.15, 0.2) is 97.1 Å². The van der Waals surface area contributed by atoms with Crippen molar-refractivity contribution in [3.05, 3.63) is 103 Å². The molecule has 0 atom stereocenters. The topological polar surface area (TPSA) is 40.9 Å². The molecule has 0 fully saturated rings. The lowest BCUT2D eigenvalue weighted by atomic mass is 10.1. The van der Waals surface area contributed by atoms with Crippen LogP contribution >= 0.6 is 7.14 Å². The molecule has 0 amide bonds. The smallest absolute Gasteiger partial charge is 0.171 e. The van der Waals surface area contributed by atoms with Crippen LogP contribution in [-0.2, 0) is 11.0 Å². The van der Waals surface area contributed by atoms with E-state index in [1.165, 1.54) is 0 Å². The third-order valence-corrected chi connectivity index (χ3v) is 7.94. The lowest BCUT2D eigenvalue weighted by Gasteiger charge is -2.23. The first-order chi connectivity index (χ1) is 13.2. The summed E-state index contributed by atoms with van der Waals surface area (Å²) in [5.41, 5.74) is 0.826. The molecule has 4 rings (SSSR count). The SMILES string of the molecule is N#CCc1cc2ccccc2cc1P(=O)(c1ccccc1)c1ccccc1. The highest BCUT2D eigenvalue weighted by molar-refractivity contribution is 7.85. The summed E-state index contributed by atoms with van der Waals surface area (Å²) < 4.78 is 14.6. The summed E-state index contributed by atoms with van der Waals surface area (Å²) >= 11 is 0. The first kappa shape index (κ1) is 17.3. The molecule has 0 heterocycles. The molecule has 0 saturated heterocycles. The molecule has 0 aliphatic carbocycles. The summed E-state index contributed by atoms with van der Waals surface area (Å²) in [5, 5.41) is 13.8. The average Bonchev–Trinajstić information content (AvgIpc) is 2.74. The number of fused-ring (bicyclic) bond motifs is 1. The zero-order valence-corrected chi connectivity index (χ0v) is 15.6. The maximum atomic E-state index is 14.6. The number of nitrogens with zero attached hydrogens (tertiary/aromatic N) is 1. The van der Waals surface area contributed by atoms with Crippen LogP contribution in [0.25, 0.3) is 10.8 Å². The van der Waals surface area contributed by atoms with Gasteiger partial charge in [-0.05, 0) is 28.5 Å². The molecule has 0 saturated carbocycles. The van der Waals surface area contributed by atoms with E-state index in [4.69, 9.17) is 0 Å². The van der Waals surface area contributed by atoms with Gasteiger partial charge in [0.25, 0.3) is 0 Å². The Labute approximate surface area is 159 Å². The van der Waals surface area contributed by atoms with Crippen molar-refractivity contribution in [2.24, 2.45) is 0 Å². The molecule has 0 aliphatic rings. The molecule has 0 aromatic heterocycles. The standard InChI is InChI=1S/C24H18NOP/c25-16-15-21-17-19-9-7-8-10-20(19)18-24(21)27(26,22-11-3-1-4-12-22)23-13-5-2-6-14-23/h1-14,17-18H,15H2. The van der Waals surface area contributed by atoms with Crippen molar-refractivity contribution in [1.29, 1.82) is 5.26 Å². The van der Waals surface area contributed by atoms with Crippen LogP contribution < -0.4 is 15.9 Å². The van der Waals surface area contributed by atoms with Crippen LogP contribution in [0, 0.1) is 11.3 Å². The molecule has 0 aliphatic heterocycles. The minimum Gasteiger partial charge on any atom is -0.309 e. The Hall–Kier alpha value is -3.14. The highest BCUT2D eigenvalue weighted by atomic mass is 31.2. The third-order valence-electron chi connectivity index (χ3n) is 4.80. The summed E-state index contributed by atoms with van der Waals surface area (Å²) in [7, 11) is -3.10. The molecule has 3 heteroatoms. The fourth-order valence-electron chi connectivity index (χ4n) is 3.50. The number of benzene rings is 4. The fourth-order valence-corrected chi connectivity index (χ4v) is 6.41. The van der Waals surface area contributed by atoms with Gasteiger partial charge in [0.1, 0.15) is 0 Å². The number of nitriles is 1. The maximum Gasteiger partial charge on any atom is 0.171 e. The molecule has 4 aromatic rings. The summed E-state index contributed by atoms with van der Waals surface area (Å²) in [4.78, 5) is 0. The van der Waals surface area contributed by atoms with E-state index in [1.54, 1.807) is 0 Å². The van der Waals surface area contributed by atoms with Crippen molar-refractivity contribution >= 4 is 33.8 Å². The van der Waals surface area contributed by atoms with Crippen molar-refractivity contribution < 1.29 is 4.57 Å². The quantitative estimate of drug-likeness (QED) is 0.497. The molecule has 27 heavy (non-hydrogen) atoms. The second-order valence-electron chi connectivity index (χ2n) is 6.44. The van der Waals surface area contributed by atoms with Gasteiger partial charge in [0.15, 0.2) is 7.14 Å². The molecule has 0 N–H and O–H groups in total. The zero-order chi connectivity index (χ0) is 18.7. The Bertz CT molecular complexity index is 1130. The first-order valence-corrected chi connectivity index (χ1v) is 10.5.